The average molecular weight is 465 g/mol. The molecule has 1 saturated heterocycles. The van der Waals surface area contributed by atoms with Gasteiger partial charge in [-0.2, -0.15) is 5.10 Å². The number of thiophene rings is 2. The van der Waals surface area contributed by atoms with Crippen molar-refractivity contribution in [3.8, 4) is 0 Å². The van der Waals surface area contributed by atoms with E-state index in [0.717, 1.165) is 41.4 Å². The molecule has 4 heterocycles. The molecule has 3 aromatic rings. The van der Waals surface area contributed by atoms with Crippen molar-refractivity contribution in [2.24, 2.45) is 5.10 Å². The minimum Gasteiger partial charge on any atom is -0.375 e. The lowest BCUT2D eigenvalue weighted by atomic mass is 10.1. The Hall–Kier alpha value is -2.97. The van der Waals surface area contributed by atoms with Crippen LogP contribution in [0.15, 0.2) is 64.4 Å². The number of hydrogen-bond donors (Lipinski definition) is 1. The number of nitrogens with zero attached hydrogens (tertiary/aromatic N) is 3. The fourth-order valence-corrected chi connectivity index (χ4v) is 5.73. The molecule has 1 aromatic carbocycles. The molecule has 0 radical (unpaired) electrons. The van der Waals surface area contributed by atoms with Crippen molar-refractivity contribution in [2.75, 3.05) is 25.0 Å². The summed E-state index contributed by atoms with van der Waals surface area (Å²) in [6, 6.07) is 15.4. The lowest BCUT2D eigenvalue weighted by Gasteiger charge is -2.22. The van der Waals surface area contributed by atoms with Gasteiger partial charge in [-0.05, 0) is 47.9 Å². The van der Waals surface area contributed by atoms with Crippen LogP contribution in [0.1, 0.15) is 45.4 Å². The molecule has 1 N–H and O–H groups in total. The Bertz CT molecular complexity index is 1120. The van der Waals surface area contributed by atoms with Gasteiger partial charge in [0.05, 0.1) is 28.7 Å². The highest BCUT2D eigenvalue weighted by Gasteiger charge is 2.34. The third-order valence-electron chi connectivity index (χ3n) is 5.82. The Kier molecular flexibility index (Phi) is 6.05. The van der Waals surface area contributed by atoms with E-state index in [1.54, 1.807) is 27.7 Å². The second-order valence-corrected chi connectivity index (χ2v) is 9.82. The van der Waals surface area contributed by atoms with E-state index in [9.17, 15) is 9.59 Å². The summed E-state index contributed by atoms with van der Waals surface area (Å²) in [4.78, 5) is 30.3. The molecule has 1 unspecified atom stereocenters. The zero-order chi connectivity index (χ0) is 21.9. The largest absolute Gasteiger partial charge is 0.375 e. The summed E-state index contributed by atoms with van der Waals surface area (Å²) < 4.78 is 0. The lowest BCUT2D eigenvalue weighted by Crippen LogP contribution is -2.33. The summed E-state index contributed by atoms with van der Waals surface area (Å²) in [6.07, 6.45) is 2.80. The first-order valence-corrected chi connectivity index (χ1v) is 12.6. The standard InChI is InChI=1S/C24H24N4O2S2/c29-23(16-25-18-8-2-1-7-17(18)24(30)27-11-3-4-12-27)28-20(22-10-6-14-32-22)15-19(26-28)21-9-5-13-31-21/h1-2,5-10,13-14,20,25H,3-4,11-12,15-16H2. The topological polar surface area (TPSA) is 65.0 Å². The van der Waals surface area contributed by atoms with Crippen molar-refractivity contribution in [3.63, 3.8) is 0 Å². The molecule has 5 rings (SSSR count). The molecule has 0 bridgehead atoms. The number of amides is 2. The second-order valence-electron chi connectivity index (χ2n) is 7.90. The third kappa shape index (κ3) is 4.20. The predicted octanol–water partition coefficient (Wildman–Crippen LogP) is 4.84. The molecule has 0 saturated carbocycles. The van der Waals surface area contributed by atoms with Gasteiger partial charge < -0.3 is 10.2 Å². The van der Waals surface area contributed by atoms with Crippen molar-refractivity contribution in [3.05, 3.63) is 74.6 Å². The number of nitrogens with one attached hydrogen (secondary N) is 1. The van der Waals surface area contributed by atoms with Crippen molar-refractivity contribution < 1.29 is 9.59 Å². The normalized spacial score (nSPS) is 18.1. The number of likely N-dealkylation sites (tertiary alicyclic amines) is 1. The maximum Gasteiger partial charge on any atom is 0.262 e. The van der Waals surface area contributed by atoms with Gasteiger partial charge in [-0.25, -0.2) is 5.01 Å². The van der Waals surface area contributed by atoms with E-state index < -0.39 is 0 Å². The molecule has 2 aliphatic rings. The van der Waals surface area contributed by atoms with E-state index in [4.69, 9.17) is 5.10 Å². The zero-order valence-corrected chi connectivity index (χ0v) is 19.2. The van der Waals surface area contributed by atoms with E-state index in [2.05, 4.69) is 11.4 Å². The highest BCUT2D eigenvalue weighted by atomic mass is 32.1. The van der Waals surface area contributed by atoms with Gasteiger partial charge >= 0.3 is 0 Å². The van der Waals surface area contributed by atoms with Gasteiger partial charge in [0.2, 0.25) is 0 Å². The third-order valence-corrected chi connectivity index (χ3v) is 7.72. The van der Waals surface area contributed by atoms with Gasteiger partial charge in [-0.3, -0.25) is 9.59 Å². The summed E-state index contributed by atoms with van der Waals surface area (Å²) in [5.74, 6) is -0.0907. The van der Waals surface area contributed by atoms with Gasteiger partial charge in [0, 0.05) is 30.1 Å². The molecule has 2 aliphatic heterocycles. The fourth-order valence-electron chi connectivity index (χ4n) is 4.20. The highest BCUT2D eigenvalue weighted by molar-refractivity contribution is 7.12. The number of rotatable bonds is 6. The lowest BCUT2D eigenvalue weighted by molar-refractivity contribution is -0.131. The van der Waals surface area contributed by atoms with Gasteiger partial charge in [0.15, 0.2) is 0 Å². The van der Waals surface area contributed by atoms with E-state index in [1.165, 1.54) is 0 Å². The minimum absolute atomic E-state index is 0.0219. The number of benzene rings is 1. The Morgan fingerprint density at radius 1 is 1.00 bits per heavy atom. The van der Waals surface area contributed by atoms with Gasteiger partial charge in [0.1, 0.15) is 0 Å². The van der Waals surface area contributed by atoms with Gasteiger partial charge in [-0.1, -0.05) is 24.3 Å². The minimum atomic E-state index is -0.113. The van der Waals surface area contributed by atoms with E-state index in [0.29, 0.717) is 17.7 Å². The maximum absolute atomic E-state index is 13.2. The second kappa shape index (κ2) is 9.26. The van der Waals surface area contributed by atoms with Crippen molar-refractivity contribution in [2.45, 2.75) is 25.3 Å². The number of carbonyl (C=O) groups excluding carboxylic acids is 2. The van der Waals surface area contributed by atoms with Crippen LogP contribution in [-0.2, 0) is 4.79 Å². The molecule has 32 heavy (non-hydrogen) atoms. The first-order valence-electron chi connectivity index (χ1n) is 10.8. The van der Waals surface area contributed by atoms with E-state index in [-0.39, 0.29) is 24.4 Å². The van der Waals surface area contributed by atoms with Crippen molar-refractivity contribution >= 4 is 45.9 Å². The van der Waals surface area contributed by atoms with Crippen LogP contribution in [0.4, 0.5) is 5.69 Å². The van der Waals surface area contributed by atoms with E-state index in [1.807, 2.05) is 58.1 Å². The SMILES string of the molecule is O=C(c1ccccc1NCC(=O)N1N=C(c2cccs2)CC1c1cccs1)N1CCCC1. The van der Waals surface area contributed by atoms with Crippen LogP contribution in [-0.4, -0.2) is 47.1 Å². The molecule has 8 heteroatoms. The number of carbonyl (C=O) groups is 2. The first kappa shape index (κ1) is 20.9. The van der Waals surface area contributed by atoms with Gasteiger partial charge in [0.25, 0.3) is 11.8 Å². The van der Waals surface area contributed by atoms with Crippen LogP contribution >= 0.6 is 22.7 Å². The average Bonchev–Trinajstić information content (AvgIpc) is 3.63. The molecular weight excluding hydrogens is 440 g/mol. The summed E-state index contributed by atoms with van der Waals surface area (Å²) in [6.45, 7) is 1.67. The van der Waals surface area contributed by atoms with Crippen LogP contribution in [0.25, 0.3) is 0 Å². The number of anilines is 1. The van der Waals surface area contributed by atoms with Crippen molar-refractivity contribution in [1.29, 1.82) is 0 Å². The smallest absolute Gasteiger partial charge is 0.262 e. The summed E-state index contributed by atoms with van der Waals surface area (Å²) in [5, 5.41) is 13.6. The van der Waals surface area contributed by atoms with E-state index >= 15 is 0 Å². The summed E-state index contributed by atoms with van der Waals surface area (Å²) in [5.41, 5.74) is 2.24. The van der Waals surface area contributed by atoms with Crippen molar-refractivity contribution in [1.82, 2.24) is 9.91 Å². The Balaban J connectivity index is 1.33. The molecule has 0 spiro atoms. The fraction of sp³-hybridized carbons (Fsp3) is 0.292. The summed E-state index contributed by atoms with van der Waals surface area (Å²) in [7, 11) is 0. The Morgan fingerprint density at radius 2 is 1.78 bits per heavy atom. The molecular formula is C24H24N4O2S2. The summed E-state index contributed by atoms with van der Waals surface area (Å²) >= 11 is 3.28. The maximum atomic E-state index is 13.2. The molecule has 2 amide bonds. The molecule has 1 fully saturated rings. The highest BCUT2D eigenvalue weighted by Crippen LogP contribution is 2.36. The molecule has 0 aliphatic carbocycles. The number of para-hydroxylation sites is 1. The van der Waals surface area contributed by atoms with Crippen LogP contribution in [0.2, 0.25) is 0 Å². The monoisotopic (exact) mass is 464 g/mol. The first-order chi connectivity index (χ1) is 15.7. The van der Waals surface area contributed by atoms with Crippen LogP contribution in [0.5, 0.6) is 0 Å². The number of hydrazone groups is 1. The van der Waals surface area contributed by atoms with Crippen LogP contribution in [0.3, 0.4) is 0 Å². The van der Waals surface area contributed by atoms with Crippen LogP contribution in [0, 0.1) is 0 Å². The number of hydrogen-bond acceptors (Lipinski definition) is 6. The molecule has 164 valence electrons. The quantitative estimate of drug-likeness (QED) is 0.568. The Labute approximate surface area is 195 Å². The van der Waals surface area contributed by atoms with Gasteiger partial charge in [-0.15, -0.1) is 22.7 Å². The predicted molar refractivity (Wildman–Crippen MR) is 129 cm³/mol. The molecule has 2 aromatic heterocycles. The Morgan fingerprint density at radius 3 is 2.53 bits per heavy atom. The van der Waals surface area contributed by atoms with Crippen LogP contribution < -0.4 is 5.32 Å². The molecule has 6 nitrogen and oxygen atoms in total. The zero-order valence-electron chi connectivity index (χ0n) is 17.6. The molecule has 1 atom stereocenters.